The highest BCUT2D eigenvalue weighted by Crippen LogP contribution is 2.31. The molecule has 3 N–H and O–H groups in total. The minimum absolute atomic E-state index is 0.0910. The van der Waals surface area contributed by atoms with E-state index in [1.807, 2.05) is 30.3 Å². The summed E-state index contributed by atoms with van der Waals surface area (Å²) >= 11 is 0. The molecule has 1 atom stereocenters. The fraction of sp³-hybridized carbons (Fsp3) is 0.385. The first-order chi connectivity index (χ1) is 16.3. The van der Waals surface area contributed by atoms with Crippen molar-refractivity contribution in [2.45, 2.75) is 31.8 Å². The SMILES string of the molecule is NCc1ccc(Nc2cc(N3CCCCC3)nc(N3CCOCC3c3ccccc3)n2)cc1. The molecule has 1 aromatic heterocycles. The summed E-state index contributed by atoms with van der Waals surface area (Å²) < 4.78 is 5.85. The molecule has 2 aromatic carbocycles. The number of piperidine rings is 1. The van der Waals surface area contributed by atoms with Crippen molar-refractivity contribution in [3.63, 3.8) is 0 Å². The lowest BCUT2D eigenvalue weighted by atomic mass is 10.1. The van der Waals surface area contributed by atoms with Gasteiger partial charge in [0, 0.05) is 37.9 Å². The molecule has 0 aliphatic carbocycles. The van der Waals surface area contributed by atoms with E-state index in [9.17, 15) is 0 Å². The molecule has 2 aliphatic heterocycles. The standard InChI is InChI=1S/C26H32N6O/c27-18-20-9-11-22(12-10-20)28-24-17-25(31-13-5-2-6-14-31)30-26(29-24)32-15-16-33-19-23(32)21-7-3-1-4-8-21/h1,3-4,7-12,17,23H,2,5-6,13-16,18-19,27H2,(H,28,29,30). The summed E-state index contributed by atoms with van der Waals surface area (Å²) in [5.74, 6) is 2.54. The average Bonchev–Trinajstić information content (AvgIpc) is 2.90. The topological polar surface area (TPSA) is 79.5 Å². The number of anilines is 4. The zero-order valence-electron chi connectivity index (χ0n) is 19.0. The first-order valence-electron chi connectivity index (χ1n) is 11.9. The van der Waals surface area contributed by atoms with Gasteiger partial charge in [0.2, 0.25) is 5.95 Å². The number of nitrogens with zero attached hydrogens (tertiary/aromatic N) is 4. The lowest BCUT2D eigenvalue weighted by molar-refractivity contribution is 0.0933. The molecular formula is C26H32N6O. The summed E-state index contributed by atoms with van der Waals surface area (Å²) in [5.41, 5.74) is 9.07. The molecule has 2 aliphatic rings. The molecular weight excluding hydrogens is 412 g/mol. The zero-order chi connectivity index (χ0) is 22.5. The largest absolute Gasteiger partial charge is 0.377 e. The Morgan fingerprint density at radius 1 is 0.939 bits per heavy atom. The summed E-state index contributed by atoms with van der Waals surface area (Å²) in [4.78, 5) is 14.7. The molecule has 0 amide bonds. The highest BCUT2D eigenvalue weighted by atomic mass is 16.5. The Balaban J connectivity index is 1.49. The van der Waals surface area contributed by atoms with E-state index in [-0.39, 0.29) is 6.04 Å². The molecule has 3 heterocycles. The fourth-order valence-corrected chi connectivity index (χ4v) is 4.57. The Morgan fingerprint density at radius 3 is 2.48 bits per heavy atom. The highest BCUT2D eigenvalue weighted by Gasteiger charge is 2.28. The average molecular weight is 445 g/mol. The summed E-state index contributed by atoms with van der Waals surface area (Å²) in [5, 5.41) is 3.49. The van der Waals surface area contributed by atoms with Crippen molar-refractivity contribution < 1.29 is 4.74 Å². The lowest BCUT2D eigenvalue weighted by Crippen LogP contribution is -2.41. The van der Waals surface area contributed by atoms with Gasteiger partial charge in [0.25, 0.3) is 0 Å². The Morgan fingerprint density at radius 2 is 1.73 bits per heavy atom. The van der Waals surface area contributed by atoms with Crippen LogP contribution in [-0.4, -0.2) is 42.8 Å². The van der Waals surface area contributed by atoms with Crippen LogP contribution in [0.2, 0.25) is 0 Å². The van der Waals surface area contributed by atoms with Crippen molar-refractivity contribution >= 4 is 23.3 Å². The zero-order valence-corrected chi connectivity index (χ0v) is 19.0. The number of ether oxygens (including phenoxy) is 1. The van der Waals surface area contributed by atoms with Crippen LogP contribution in [0, 0.1) is 0 Å². The fourth-order valence-electron chi connectivity index (χ4n) is 4.57. The molecule has 2 fully saturated rings. The van der Waals surface area contributed by atoms with Gasteiger partial charge < -0.3 is 25.6 Å². The number of hydrogen-bond acceptors (Lipinski definition) is 7. The van der Waals surface area contributed by atoms with E-state index in [1.165, 1.54) is 24.8 Å². The Kier molecular flexibility index (Phi) is 6.69. The predicted octanol–water partition coefficient (Wildman–Crippen LogP) is 4.25. The molecule has 0 radical (unpaired) electrons. The normalized spacial score (nSPS) is 18.9. The predicted molar refractivity (Wildman–Crippen MR) is 133 cm³/mol. The number of nitrogens with one attached hydrogen (secondary N) is 1. The molecule has 0 bridgehead atoms. The second-order valence-electron chi connectivity index (χ2n) is 8.68. The summed E-state index contributed by atoms with van der Waals surface area (Å²) in [6.45, 7) is 4.66. The quantitative estimate of drug-likeness (QED) is 0.588. The molecule has 3 aromatic rings. The van der Waals surface area contributed by atoms with Gasteiger partial charge in [0.15, 0.2) is 0 Å². The molecule has 7 heteroatoms. The Bertz CT molecular complexity index is 1040. The van der Waals surface area contributed by atoms with Gasteiger partial charge >= 0.3 is 0 Å². The minimum atomic E-state index is 0.0910. The van der Waals surface area contributed by atoms with Gasteiger partial charge in [-0.2, -0.15) is 9.97 Å². The number of rotatable bonds is 6. The van der Waals surface area contributed by atoms with Crippen LogP contribution in [-0.2, 0) is 11.3 Å². The summed E-state index contributed by atoms with van der Waals surface area (Å²) in [7, 11) is 0. The summed E-state index contributed by atoms with van der Waals surface area (Å²) in [6.07, 6.45) is 3.69. The van der Waals surface area contributed by atoms with Crippen molar-refractivity contribution in [1.29, 1.82) is 0 Å². The Hall–Kier alpha value is -3.16. The molecule has 5 rings (SSSR count). The van der Waals surface area contributed by atoms with Crippen LogP contribution in [0.4, 0.5) is 23.3 Å². The minimum Gasteiger partial charge on any atom is -0.377 e. The van der Waals surface area contributed by atoms with E-state index in [1.54, 1.807) is 0 Å². The van der Waals surface area contributed by atoms with Crippen LogP contribution in [0.25, 0.3) is 0 Å². The Labute approximate surface area is 195 Å². The molecule has 172 valence electrons. The van der Waals surface area contributed by atoms with Crippen molar-refractivity contribution in [2.75, 3.05) is 48.0 Å². The van der Waals surface area contributed by atoms with Gasteiger partial charge in [-0.15, -0.1) is 0 Å². The molecule has 7 nitrogen and oxygen atoms in total. The smallest absolute Gasteiger partial charge is 0.229 e. The first kappa shape index (κ1) is 21.7. The third kappa shape index (κ3) is 5.10. The van der Waals surface area contributed by atoms with Crippen LogP contribution < -0.4 is 20.9 Å². The van der Waals surface area contributed by atoms with E-state index in [2.05, 4.69) is 45.4 Å². The van der Waals surface area contributed by atoms with E-state index < -0.39 is 0 Å². The second kappa shape index (κ2) is 10.2. The number of benzene rings is 2. The molecule has 33 heavy (non-hydrogen) atoms. The van der Waals surface area contributed by atoms with Crippen LogP contribution >= 0.6 is 0 Å². The van der Waals surface area contributed by atoms with Gasteiger partial charge in [0.1, 0.15) is 11.6 Å². The monoisotopic (exact) mass is 444 g/mol. The molecule has 0 saturated carbocycles. The maximum absolute atomic E-state index is 5.85. The lowest BCUT2D eigenvalue weighted by Gasteiger charge is -2.37. The van der Waals surface area contributed by atoms with Crippen molar-refractivity contribution in [3.8, 4) is 0 Å². The van der Waals surface area contributed by atoms with Crippen molar-refractivity contribution in [1.82, 2.24) is 9.97 Å². The van der Waals surface area contributed by atoms with Crippen molar-refractivity contribution in [2.24, 2.45) is 5.73 Å². The second-order valence-corrected chi connectivity index (χ2v) is 8.68. The third-order valence-electron chi connectivity index (χ3n) is 6.41. The summed E-state index contributed by atoms with van der Waals surface area (Å²) in [6, 6.07) is 20.8. The number of aromatic nitrogens is 2. The van der Waals surface area contributed by atoms with Gasteiger partial charge in [-0.05, 0) is 42.5 Å². The third-order valence-corrected chi connectivity index (χ3v) is 6.41. The maximum atomic E-state index is 5.85. The van der Waals surface area contributed by atoms with Gasteiger partial charge in [-0.3, -0.25) is 0 Å². The first-order valence-corrected chi connectivity index (χ1v) is 11.9. The van der Waals surface area contributed by atoms with Gasteiger partial charge in [0.05, 0.1) is 19.3 Å². The van der Waals surface area contributed by atoms with Crippen molar-refractivity contribution in [3.05, 3.63) is 71.8 Å². The van der Waals surface area contributed by atoms with Crippen LogP contribution in [0.1, 0.15) is 36.4 Å². The van der Waals surface area contributed by atoms with E-state index >= 15 is 0 Å². The van der Waals surface area contributed by atoms with Crippen LogP contribution in [0.15, 0.2) is 60.7 Å². The number of nitrogens with two attached hydrogens (primary N) is 1. The molecule has 1 unspecified atom stereocenters. The van der Waals surface area contributed by atoms with E-state index in [0.717, 1.165) is 48.5 Å². The molecule has 2 saturated heterocycles. The van der Waals surface area contributed by atoms with Gasteiger partial charge in [-0.1, -0.05) is 42.5 Å². The van der Waals surface area contributed by atoms with Gasteiger partial charge in [-0.25, -0.2) is 0 Å². The number of morpholine rings is 1. The molecule has 0 spiro atoms. The maximum Gasteiger partial charge on any atom is 0.229 e. The van der Waals surface area contributed by atoms with E-state index in [0.29, 0.717) is 19.8 Å². The highest BCUT2D eigenvalue weighted by molar-refractivity contribution is 5.62. The van der Waals surface area contributed by atoms with E-state index in [4.69, 9.17) is 20.4 Å². The van der Waals surface area contributed by atoms with Crippen LogP contribution in [0.5, 0.6) is 0 Å². The van der Waals surface area contributed by atoms with Crippen LogP contribution in [0.3, 0.4) is 0 Å². The number of hydrogen-bond donors (Lipinski definition) is 2.